The summed E-state index contributed by atoms with van der Waals surface area (Å²) in [5.41, 5.74) is 0.775. The van der Waals surface area contributed by atoms with Gasteiger partial charge in [0, 0.05) is 12.1 Å². The van der Waals surface area contributed by atoms with Crippen LogP contribution in [0.5, 0.6) is 5.75 Å². The lowest BCUT2D eigenvalue weighted by atomic mass is 10.0. The molecular formula is C13H20ClNO2. The zero-order valence-electron chi connectivity index (χ0n) is 10.3. The number of aliphatic hydroxyl groups is 1. The Kier molecular flexibility index (Phi) is 5.75. The first-order valence-electron chi connectivity index (χ1n) is 5.87. The van der Waals surface area contributed by atoms with Crippen LogP contribution in [0, 0.1) is 5.92 Å². The number of phenolic OH excluding ortho intramolecular Hbond substituents is 1. The Morgan fingerprint density at radius 2 is 2.06 bits per heavy atom. The van der Waals surface area contributed by atoms with Crippen molar-refractivity contribution in [1.82, 2.24) is 5.32 Å². The molecular weight excluding hydrogens is 238 g/mol. The summed E-state index contributed by atoms with van der Waals surface area (Å²) in [6.07, 6.45) is 0.425. The molecule has 0 saturated heterocycles. The van der Waals surface area contributed by atoms with Crippen molar-refractivity contribution in [3.63, 3.8) is 0 Å². The second kappa shape index (κ2) is 6.84. The van der Waals surface area contributed by atoms with Crippen LogP contribution in [0.15, 0.2) is 18.2 Å². The first kappa shape index (κ1) is 14.3. The largest absolute Gasteiger partial charge is 0.506 e. The zero-order chi connectivity index (χ0) is 12.8. The van der Waals surface area contributed by atoms with Gasteiger partial charge in [0.25, 0.3) is 0 Å². The number of aromatic hydroxyl groups is 1. The van der Waals surface area contributed by atoms with Gasteiger partial charge in [0.2, 0.25) is 0 Å². The molecule has 0 radical (unpaired) electrons. The molecule has 17 heavy (non-hydrogen) atoms. The Bertz CT molecular complexity index is 355. The maximum Gasteiger partial charge on any atom is 0.138 e. The molecule has 4 heteroatoms. The molecule has 0 saturated carbocycles. The Morgan fingerprint density at radius 1 is 1.35 bits per heavy atom. The van der Waals surface area contributed by atoms with E-state index in [0.29, 0.717) is 24.5 Å². The molecule has 0 heterocycles. The van der Waals surface area contributed by atoms with Crippen molar-refractivity contribution in [1.29, 1.82) is 0 Å². The Morgan fingerprint density at radius 3 is 2.71 bits per heavy atom. The fourth-order valence-corrected chi connectivity index (χ4v) is 1.70. The molecule has 1 unspecified atom stereocenters. The van der Waals surface area contributed by atoms with E-state index < -0.39 is 0 Å². The third-order valence-electron chi connectivity index (χ3n) is 2.77. The predicted molar refractivity (Wildman–Crippen MR) is 70.3 cm³/mol. The Labute approximate surface area is 107 Å². The average Bonchev–Trinajstić information content (AvgIpc) is 2.29. The molecule has 0 aliphatic carbocycles. The molecule has 0 spiro atoms. The van der Waals surface area contributed by atoms with Gasteiger partial charge in [-0.25, -0.2) is 0 Å². The molecule has 3 nitrogen and oxygen atoms in total. The highest BCUT2D eigenvalue weighted by Gasteiger charge is 2.08. The molecule has 0 bridgehead atoms. The SMILES string of the molecule is CC(C)C(O)CCNCc1cccc(Cl)c1O. The lowest BCUT2D eigenvalue weighted by Crippen LogP contribution is -2.23. The third kappa shape index (κ3) is 4.54. The molecule has 1 aromatic rings. The van der Waals surface area contributed by atoms with Crippen molar-refractivity contribution >= 4 is 11.6 Å². The van der Waals surface area contributed by atoms with Gasteiger partial charge in [0.1, 0.15) is 5.75 Å². The van der Waals surface area contributed by atoms with Gasteiger partial charge in [-0.1, -0.05) is 37.6 Å². The van der Waals surface area contributed by atoms with Gasteiger partial charge >= 0.3 is 0 Å². The van der Waals surface area contributed by atoms with Crippen LogP contribution in [0.25, 0.3) is 0 Å². The van der Waals surface area contributed by atoms with E-state index in [9.17, 15) is 10.2 Å². The first-order chi connectivity index (χ1) is 8.02. The summed E-state index contributed by atoms with van der Waals surface area (Å²) >= 11 is 5.80. The van der Waals surface area contributed by atoms with E-state index in [1.165, 1.54) is 0 Å². The van der Waals surface area contributed by atoms with Crippen molar-refractivity contribution < 1.29 is 10.2 Å². The quantitative estimate of drug-likeness (QED) is 0.687. The number of para-hydroxylation sites is 1. The van der Waals surface area contributed by atoms with Crippen molar-refractivity contribution in [2.75, 3.05) is 6.54 Å². The molecule has 0 aliphatic rings. The molecule has 0 aromatic heterocycles. The summed E-state index contributed by atoms with van der Waals surface area (Å²) in [6, 6.07) is 5.29. The molecule has 96 valence electrons. The molecule has 0 amide bonds. The number of rotatable bonds is 6. The highest BCUT2D eigenvalue weighted by atomic mass is 35.5. The van der Waals surface area contributed by atoms with Crippen LogP contribution in [-0.2, 0) is 6.54 Å². The van der Waals surface area contributed by atoms with Crippen LogP contribution in [0.3, 0.4) is 0 Å². The summed E-state index contributed by atoms with van der Waals surface area (Å²) in [5.74, 6) is 0.405. The maximum atomic E-state index is 9.67. The Balaban J connectivity index is 2.34. The van der Waals surface area contributed by atoms with Crippen molar-refractivity contribution in [2.45, 2.75) is 32.9 Å². The summed E-state index contributed by atoms with van der Waals surface area (Å²) in [6.45, 7) is 5.25. The van der Waals surface area contributed by atoms with Crippen LogP contribution >= 0.6 is 11.6 Å². The van der Waals surface area contributed by atoms with Crippen molar-refractivity contribution in [3.05, 3.63) is 28.8 Å². The van der Waals surface area contributed by atoms with Crippen LogP contribution in [0.4, 0.5) is 0 Å². The predicted octanol–water partition coefficient (Wildman–Crippen LogP) is 2.54. The van der Waals surface area contributed by atoms with E-state index in [2.05, 4.69) is 5.32 Å². The average molecular weight is 258 g/mol. The summed E-state index contributed by atoms with van der Waals surface area (Å²) in [4.78, 5) is 0. The molecule has 0 aliphatic heterocycles. The summed E-state index contributed by atoms with van der Waals surface area (Å²) < 4.78 is 0. The zero-order valence-corrected chi connectivity index (χ0v) is 11.0. The molecule has 3 N–H and O–H groups in total. The summed E-state index contributed by atoms with van der Waals surface area (Å²) in [5, 5.41) is 22.8. The maximum absolute atomic E-state index is 9.67. The molecule has 1 aromatic carbocycles. The number of benzene rings is 1. The number of aliphatic hydroxyl groups excluding tert-OH is 1. The fourth-order valence-electron chi connectivity index (χ4n) is 1.51. The van der Waals surface area contributed by atoms with Crippen LogP contribution in [0.2, 0.25) is 5.02 Å². The van der Waals surface area contributed by atoms with Gasteiger partial charge in [-0.15, -0.1) is 0 Å². The standard InChI is InChI=1S/C13H20ClNO2/c1-9(2)12(16)6-7-15-8-10-4-3-5-11(14)13(10)17/h3-5,9,12,15-17H,6-8H2,1-2H3. The van der Waals surface area contributed by atoms with Gasteiger partial charge in [-0.05, 0) is 24.9 Å². The van der Waals surface area contributed by atoms with E-state index in [4.69, 9.17) is 11.6 Å². The van der Waals surface area contributed by atoms with Crippen LogP contribution in [-0.4, -0.2) is 22.9 Å². The third-order valence-corrected chi connectivity index (χ3v) is 3.08. The lowest BCUT2D eigenvalue weighted by Gasteiger charge is -2.14. The minimum atomic E-state index is -0.282. The molecule has 0 fully saturated rings. The summed E-state index contributed by atoms with van der Waals surface area (Å²) in [7, 11) is 0. The van der Waals surface area contributed by atoms with Gasteiger partial charge in [-0.3, -0.25) is 0 Å². The first-order valence-corrected chi connectivity index (χ1v) is 6.25. The van der Waals surface area contributed by atoms with E-state index >= 15 is 0 Å². The minimum absolute atomic E-state index is 0.131. The van der Waals surface area contributed by atoms with E-state index in [1.54, 1.807) is 6.07 Å². The minimum Gasteiger partial charge on any atom is -0.506 e. The second-order valence-corrected chi connectivity index (χ2v) is 4.93. The number of phenols is 1. The lowest BCUT2D eigenvalue weighted by molar-refractivity contribution is 0.116. The second-order valence-electron chi connectivity index (χ2n) is 4.52. The Hall–Kier alpha value is -0.770. The van der Waals surface area contributed by atoms with Gasteiger partial charge < -0.3 is 15.5 Å². The highest BCUT2D eigenvalue weighted by Crippen LogP contribution is 2.26. The van der Waals surface area contributed by atoms with E-state index in [1.807, 2.05) is 26.0 Å². The van der Waals surface area contributed by atoms with Crippen molar-refractivity contribution in [2.24, 2.45) is 5.92 Å². The van der Waals surface area contributed by atoms with Gasteiger partial charge in [0.15, 0.2) is 0 Å². The topological polar surface area (TPSA) is 52.5 Å². The smallest absolute Gasteiger partial charge is 0.138 e. The molecule has 1 rings (SSSR count). The van der Waals surface area contributed by atoms with Gasteiger partial charge in [-0.2, -0.15) is 0 Å². The van der Waals surface area contributed by atoms with E-state index in [-0.39, 0.29) is 17.8 Å². The van der Waals surface area contributed by atoms with E-state index in [0.717, 1.165) is 5.56 Å². The monoisotopic (exact) mass is 257 g/mol. The highest BCUT2D eigenvalue weighted by molar-refractivity contribution is 6.32. The van der Waals surface area contributed by atoms with Crippen molar-refractivity contribution in [3.8, 4) is 5.75 Å². The normalized spacial score (nSPS) is 13.0. The number of hydrogen-bond acceptors (Lipinski definition) is 3. The van der Waals surface area contributed by atoms with Gasteiger partial charge in [0.05, 0.1) is 11.1 Å². The fraction of sp³-hybridized carbons (Fsp3) is 0.538. The van der Waals surface area contributed by atoms with Crippen LogP contribution < -0.4 is 5.32 Å². The van der Waals surface area contributed by atoms with Crippen LogP contribution in [0.1, 0.15) is 25.8 Å². The number of halogens is 1. The number of hydrogen-bond donors (Lipinski definition) is 3. The molecule has 1 atom stereocenters. The number of nitrogens with one attached hydrogen (secondary N) is 1.